The van der Waals surface area contributed by atoms with Gasteiger partial charge in [-0.25, -0.2) is 10.5 Å². The van der Waals surface area contributed by atoms with Crippen molar-refractivity contribution in [2.24, 2.45) is 16.1 Å². The number of aromatic nitrogens is 2. The lowest BCUT2D eigenvalue weighted by Gasteiger charge is -2.04. The highest BCUT2D eigenvalue weighted by molar-refractivity contribution is 6.30. The molecular weight excluding hydrogens is 356 g/mol. The molecule has 0 saturated carbocycles. The summed E-state index contributed by atoms with van der Waals surface area (Å²) in [4.78, 5) is 12.0. The van der Waals surface area contributed by atoms with Gasteiger partial charge in [0, 0.05) is 5.02 Å². The minimum atomic E-state index is -0.612. The van der Waals surface area contributed by atoms with Crippen LogP contribution in [0, 0.1) is 0 Å². The highest BCUT2D eigenvalue weighted by Gasteiger charge is 2.25. The molecule has 0 aliphatic carbocycles. The molecule has 0 radical (unpaired) electrons. The van der Waals surface area contributed by atoms with Gasteiger partial charge in [-0.1, -0.05) is 35.9 Å². The number of ether oxygens (including phenoxy) is 1. The fourth-order valence-corrected chi connectivity index (χ4v) is 2.46. The maximum atomic E-state index is 12.0. The zero-order valence-electron chi connectivity index (χ0n) is 13.8. The zero-order chi connectivity index (χ0) is 18.5. The number of nitrogens with zero attached hydrogens (tertiary/aromatic N) is 4. The zero-order valence-corrected chi connectivity index (χ0v) is 14.5. The van der Waals surface area contributed by atoms with Crippen molar-refractivity contribution in [3.05, 3.63) is 65.3 Å². The third-order valence-electron chi connectivity index (χ3n) is 3.44. The van der Waals surface area contributed by atoms with Gasteiger partial charge < -0.3 is 4.74 Å². The lowest BCUT2D eigenvalue weighted by molar-refractivity contribution is 0.0945. The molecule has 0 aliphatic heterocycles. The molecule has 0 fully saturated rings. The highest BCUT2D eigenvalue weighted by Crippen LogP contribution is 2.35. The van der Waals surface area contributed by atoms with Crippen LogP contribution in [0.25, 0.3) is 5.69 Å². The van der Waals surface area contributed by atoms with Crippen LogP contribution in [-0.2, 0) is 0 Å². The summed E-state index contributed by atoms with van der Waals surface area (Å²) in [6, 6.07) is 16.1. The van der Waals surface area contributed by atoms with Crippen LogP contribution in [0.3, 0.4) is 0 Å². The largest absolute Gasteiger partial charge is 0.491 e. The maximum Gasteiger partial charge on any atom is 0.289 e. The van der Waals surface area contributed by atoms with E-state index in [1.807, 2.05) is 23.6 Å². The van der Waals surface area contributed by atoms with Gasteiger partial charge in [-0.05, 0) is 30.3 Å². The molecule has 3 rings (SSSR count). The van der Waals surface area contributed by atoms with Crippen LogP contribution < -0.4 is 16.0 Å². The third-order valence-corrected chi connectivity index (χ3v) is 3.67. The number of benzene rings is 2. The number of methoxy groups -OCH3 is 1. The molecule has 0 atom stereocenters. The average molecular weight is 371 g/mol. The van der Waals surface area contributed by atoms with E-state index in [0.717, 1.165) is 0 Å². The molecule has 26 heavy (non-hydrogen) atoms. The van der Waals surface area contributed by atoms with E-state index in [1.165, 1.54) is 11.8 Å². The Labute approximate surface area is 154 Å². The summed E-state index contributed by atoms with van der Waals surface area (Å²) in [5, 5.41) is 13.2. The molecule has 8 nitrogen and oxygen atoms in total. The number of nitrogen functional groups attached to an aromatic ring is 1. The smallest absolute Gasteiger partial charge is 0.289 e. The Bertz CT molecular complexity index is 955. The van der Waals surface area contributed by atoms with Crippen LogP contribution in [0.4, 0.5) is 11.5 Å². The molecule has 3 aromatic rings. The van der Waals surface area contributed by atoms with Gasteiger partial charge in [-0.3, -0.25) is 10.2 Å². The Morgan fingerprint density at radius 2 is 1.96 bits per heavy atom. The van der Waals surface area contributed by atoms with Crippen molar-refractivity contribution in [3.63, 3.8) is 0 Å². The van der Waals surface area contributed by atoms with E-state index in [0.29, 0.717) is 16.4 Å². The lowest BCUT2D eigenvalue weighted by atomic mass is 10.3. The van der Waals surface area contributed by atoms with Crippen molar-refractivity contribution in [3.8, 4) is 11.4 Å². The van der Waals surface area contributed by atoms with Crippen molar-refractivity contribution in [2.45, 2.75) is 0 Å². The first-order valence-corrected chi connectivity index (χ1v) is 7.92. The van der Waals surface area contributed by atoms with Crippen LogP contribution in [-0.4, -0.2) is 22.8 Å². The van der Waals surface area contributed by atoms with Gasteiger partial charge >= 0.3 is 0 Å². The van der Waals surface area contributed by atoms with Gasteiger partial charge in [0.1, 0.15) is 0 Å². The second kappa shape index (κ2) is 7.77. The number of nitrogens with two attached hydrogens (primary N) is 1. The van der Waals surface area contributed by atoms with Crippen molar-refractivity contribution in [1.82, 2.24) is 15.2 Å². The number of hydrogen-bond acceptors (Lipinski definition) is 6. The van der Waals surface area contributed by atoms with Crippen molar-refractivity contribution >= 4 is 29.0 Å². The molecule has 1 aromatic heterocycles. The summed E-state index contributed by atoms with van der Waals surface area (Å²) in [6.07, 6.45) is 0. The van der Waals surface area contributed by atoms with Crippen LogP contribution in [0.15, 0.2) is 64.8 Å². The number of hydrazine groups is 1. The summed E-state index contributed by atoms with van der Waals surface area (Å²) in [5.41, 5.74) is 3.25. The number of amides is 1. The topological polar surface area (TPSA) is 107 Å². The molecule has 1 amide bonds. The number of carbonyl (C=O) groups excluding carboxylic acids is 1. The number of nitrogens with one attached hydrogen (secondary N) is 1. The summed E-state index contributed by atoms with van der Waals surface area (Å²) in [5.74, 6) is 5.00. The van der Waals surface area contributed by atoms with Crippen LogP contribution >= 0.6 is 11.6 Å². The number of carbonyl (C=O) groups is 1. The van der Waals surface area contributed by atoms with E-state index in [2.05, 4.69) is 15.3 Å². The van der Waals surface area contributed by atoms with Gasteiger partial charge in [-0.15, -0.1) is 10.2 Å². The lowest BCUT2D eigenvalue weighted by Crippen LogP contribution is -2.30. The predicted octanol–water partition coefficient (Wildman–Crippen LogP) is 3.55. The second-order valence-corrected chi connectivity index (χ2v) is 5.54. The Kier molecular flexibility index (Phi) is 5.26. The first kappa shape index (κ1) is 17.6. The van der Waals surface area contributed by atoms with Crippen LogP contribution in [0.1, 0.15) is 10.5 Å². The Balaban J connectivity index is 2.17. The number of azo groups is 1. The van der Waals surface area contributed by atoms with E-state index in [4.69, 9.17) is 22.2 Å². The number of hydrogen-bond donors (Lipinski definition) is 2. The predicted molar refractivity (Wildman–Crippen MR) is 97.4 cm³/mol. The van der Waals surface area contributed by atoms with Crippen LogP contribution in [0.2, 0.25) is 5.02 Å². The Morgan fingerprint density at radius 3 is 2.62 bits per heavy atom. The van der Waals surface area contributed by atoms with Crippen LogP contribution in [0.5, 0.6) is 5.75 Å². The third kappa shape index (κ3) is 3.56. The van der Waals surface area contributed by atoms with Gasteiger partial charge in [0.2, 0.25) is 5.82 Å². The molecule has 0 spiro atoms. The van der Waals surface area contributed by atoms with E-state index >= 15 is 0 Å². The average Bonchev–Trinajstić information content (AvgIpc) is 3.05. The first-order chi connectivity index (χ1) is 12.6. The summed E-state index contributed by atoms with van der Waals surface area (Å²) in [7, 11) is 1.41. The summed E-state index contributed by atoms with van der Waals surface area (Å²) >= 11 is 6.06. The quantitative estimate of drug-likeness (QED) is 0.310. The van der Waals surface area contributed by atoms with E-state index < -0.39 is 5.91 Å². The van der Waals surface area contributed by atoms with Gasteiger partial charge in [0.25, 0.3) is 5.91 Å². The molecule has 1 heterocycles. The summed E-state index contributed by atoms with van der Waals surface area (Å²) in [6.45, 7) is 0. The van der Waals surface area contributed by atoms with E-state index in [9.17, 15) is 4.79 Å². The first-order valence-electron chi connectivity index (χ1n) is 7.54. The molecule has 132 valence electrons. The molecule has 2 aromatic carbocycles. The fourth-order valence-electron chi connectivity index (χ4n) is 2.28. The standard InChI is InChI=1S/C17H15ClN6O2/c1-26-15-14(17(25)20-19)23-24(13-9-5-6-11(18)10-13)16(15)22-21-12-7-3-2-4-8-12/h2-10H,19H2,1H3,(H,20,25). The SMILES string of the molecule is COc1c(C(=O)NN)nn(-c2cccc(Cl)c2)c1N=Nc1ccccc1. The van der Waals surface area contributed by atoms with E-state index in [-0.39, 0.29) is 17.3 Å². The van der Waals surface area contributed by atoms with Gasteiger partial charge in [-0.2, -0.15) is 5.10 Å². The van der Waals surface area contributed by atoms with Gasteiger partial charge in [0.05, 0.1) is 18.5 Å². The number of halogens is 1. The Morgan fingerprint density at radius 1 is 1.19 bits per heavy atom. The van der Waals surface area contributed by atoms with Crippen molar-refractivity contribution < 1.29 is 9.53 Å². The molecule has 3 N–H and O–H groups in total. The molecule has 0 unspecified atom stereocenters. The minimum Gasteiger partial charge on any atom is -0.491 e. The monoisotopic (exact) mass is 370 g/mol. The number of rotatable bonds is 5. The molecular formula is C17H15ClN6O2. The summed E-state index contributed by atoms with van der Waals surface area (Å²) < 4.78 is 6.75. The minimum absolute atomic E-state index is 0.0167. The second-order valence-electron chi connectivity index (χ2n) is 5.11. The van der Waals surface area contributed by atoms with E-state index in [1.54, 1.807) is 36.4 Å². The normalized spacial score (nSPS) is 10.9. The molecule has 0 aliphatic rings. The van der Waals surface area contributed by atoms with Crippen molar-refractivity contribution in [1.29, 1.82) is 0 Å². The molecule has 9 heteroatoms. The fraction of sp³-hybridized carbons (Fsp3) is 0.0588. The van der Waals surface area contributed by atoms with Crippen molar-refractivity contribution in [2.75, 3.05) is 7.11 Å². The highest BCUT2D eigenvalue weighted by atomic mass is 35.5. The maximum absolute atomic E-state index is 12.0. The molecule has 0 saturated heterocycles. The Hall–Kier alpha value is -3.23. The molecule has 0 bridgehead atoms. The van der Waals surface area contributed by atoms with Gasteiger partial charge in [0.15, 0.2) is 11.4 Å².